The third-order valence-corrected chi connectivity index (χ3v) is 1.78. The number of carbonyl (C=O) groups excluding carboxylic acids is 1. The molecule has 2 rings (SSSR count). The van der Waals surface area contributed by atoms with Gasteiger partial charge in [0.2, 0.25) is 6.08 Å². The molecule has 1 aliphatic rings. The van der Waals surface area contributed by atoms with E-state index in [0.29, 0.717) is 0 Å². The van der Waals surface area contributed by atoms with E-state index in [1.54, 1.807) is 11.1 Å². The molecule has 1 aromatic carbocycles. The number of hydrogen-bond acceptors (Lipinski definition) is 2. The summed E-state index contributed by atoms with van der Waals surface area (Å²) in [6, 6.07) is 8.63. The third-order valence-electron chi connectivity index (χ3n) is 1.78. The van der Waals surface area contributed by atoms with E-state index in [9.17, 15) is 0 Å². The number of rotatable bonds is 0. The fourth-order valence-electron chi connectivity index (χ4n) is 1.14. The first-order valence-corrected chi connectivity index (χ1v) is 3.49. The van der Waals surface area contributed by atoms with Crippen molar-refractivity contribution in [3.8, 4) is 0 Å². The molecule has 2 heteroatoms. The molecule has 0 radical (unpaired) electrons. The zero-order chi connectivity index (χ0) is 8.10. The highest BCUT2D eigenvalue weighted by Crippen LogP contribution is 2.20. The molecule has 2 nitrogen and oxygen atoms in total. The first-order valence-electron chi connectivity index (χ1n) is 3.49. The molecule has 0 aromatic heterocycles. The average molecular weight is 147 g/mol. The molecule has 0 heterocycles. The lowest BCUT2D eigenvalue weighted by Gasteiger charge is -2.16. The van der Waals surface area contributed by atoms with E-state index in [2.05, 4.69) is 24.3 Å². The van der Waals surface area contributed by atoms with Gasteiger partial charge in [-0.25, -0.2) is 10.2 Å². The Morgan fingerprint density at radius 3 is 1.73 bits per heavy atom. The van der Waals surface area contributed by atoms with Crippen LogP contribution in [0.2, 0.25) is 0 Å². The van der Waals surface area contributed by atoms with Crippen molar-refractivity contribution in [3.63, 3.8) is 0 Å². The SMILES string of the molecule is N=C=O.c1ccc2c(c1)CC2. The molecular weight excluding hydrogens is 138 g/mol. The first-order chi connectivity index (χ1) is 5.38. The van der Waals surface area contributed by atoms with Gasteiger partial charge < -0.3 is 0 Å². The van der Waals surface area contributed by atoms with E-state index in [-0.39, 0.29) is 0 Å². The molecule has 0 spiro atoms. The fourth-order valence-corrected chi connectivity index (χ4v) is 1.14. The zero-order valence-corrected chi connectivity index (χ0v) is 6.13. The van der Waals surface area contributed by atoms with Crippen LogP contribution in [-0.2, 0) is 17.6 Å². The highest BCUT2D eigenvalue weighted by molar-refractivity contribution is 5.34. The molecule has 0 unspecified atom stereocenters. The second-order valence-corrected chi connectivity index (χ2v) is 2.37. The van der Waals surface area contributed by atoms with Gasteiger partial charge in [0.1, 0.15) is 0 Å². The Kier molecular flexibility index (Phi) is 2.59. The molecule has 1 N–H and O–H groups in total. The van der Waals surface area contributed by atoms with Gasteiger partial charge in [-0.2, -0.15) is 0 Å². The molecular formula is C9H9NO. The Morgan fingerprint density at radius 2 is 1.55 bits per heavy atom. The number of hydrogen-bond donors (Lipinski definition) is 1. The monoisotopic (exact) mass is 147 g/mol. The topological polar surface area (TPSA) is 40.9 Å². The van der Waals surface area contributed by atoms with Gasteiger partial charge >= 0.3 is 0 Å². The summed E-state index contributed by atoms with van der Waals surface area (Å²) < 4.78 is 0. The normalized spacial score (nSPS) is 11.3. The molecule has 0 saturated carbocycles. The Hall–Kier alpha value is -1.40. The van der Waals surface area contributed by atoms with Crippen molar-refractivity contribution in [2.75, 3.05) is 0 Å². The van der Waals surface area contributed by atoms with Crippen LogP contribution in [0.5, 0.6) is 0 Å². The minimum Gasteiger partial charge on any atom is -0.222 e. The molecule has 11 heavy (non-hydrogen) atoms. The standard InChI is InChI=1S/C8H8.CHNO/c1-2-4-8-6-5-7(8)3-1;2-1-3/h1-4H,5-6H2;2H. The van der Waals surface area contributed by atoms with E-state index < -0.39 is 0 Å². The Bertz CT molecular complexity index is 252. The molecule has 0 bridgehead atoms. The van der Waals surface area contributed by atoms with E-state index in [1.807, 2.05) is 0 Å². The predicted octanol–water partition coefficient (Wildman–Crippen LogP) is 1.69. The minimum absolute atomic E-state index is 0.750. The fraction of sp³-hybridized carbons (Fsp3) is 0.222. The van der Waals surface area contributed by atoms with E-state index in [0.717, 1.165) is 6.08 Å². The van der Waals surface area contributed by atoms with Gasteiger partial charge in [0.15, 0.2) is 0 Å². The average Bonchev–Trinajstić information content (AvgIpc) is 1.94. The van der Waals surface area contributed by atoms with Gasteiger partial charge in [-0.1, -0.05) is 24.3 Å². The molecule has 1 aliphatic carbocycles. The van der Waals surface area contributed by atoms with Gasteiger partial charge in [0.25, 0.3) is 0 Å². The van der Waals surface area contributed by atoms with Crippen molar-refractivity contribution in [1.82, 2.24) is 0 Å². The maximum atomic E-state index is 8.35. The summed E-state index contributed by atoms with van der Waals surface area (Å²) >= 11 is 0. The van der Waals surface area contributed by atoms with Crippen molar-refractivity contribution in [1.29, 1.82) is 5.41 Å². The van der Waals surface area contributed by atoms with Crippen LogP contribution in [0.4, 0.5) is 0 Å². The maximum Gasteiger partial charge on any atom is 0.231 e. The second-order valence-electron chi connectivity index (χ2n) is 2.37. The van der Waals surface area contributed by atoms with Gasteiger partial charge in [-0.15, -0.1) is 0 Å². The van der Waals surface area contributed by atoms with Gasteiger partial charge in [-0.3, -0.25) is 0 Å². The Labute approximate surface area is 65.4 Å². The van der Waals surface area contributed by atoms with Crippen LogP contribution in [0.15, 0.2) is 24.3 Å². The van der Waals surface area contributed by atoms with Gasteiger partial charge in [0, 0.05) is 0 Å². The second kappa shape index (κ2) is 3.69. The van der Waals surface area contributed by atoms with E-state index in [1.165, 1.54) is 12.8 Å². The number of aryl methyl sites for hydroxylation is 2. The molecule has 0 atom stereocenters. The summed E-state index contributed by atoms with van der Waals surface area (Å²) in [7, 11) is 0. The smallest absolute Gasteiger partial charge is 0.222 e. The van der Waals surface area contributed by atoms with Crippen LogP contribution < -0.4 is 0 Å². The van der Waals surface area contributed by atoms with Crippen LogP contribution in [0.25, 0.3) is 0 Å². The maximum absolute atomic E-state index is 8.35. The highest BCUT2D eigenvalue weighted by atomic mass is 16.1. The van der Waals surface area contributed by atoms with Crippen molar-refractivity contribution < 1.29 is 4.79 Å². The lowest BCUT2D eigenvalue weighted by atomic mass is 9.89. The summed E-state index contributed by atoms with van der Waals surface area (Å²) in [5.74, 6) is 0. The number of isocyanates is 1. The lowest BCUT2D eigenvalue weighted by molar-refractivity contribution is 0.563. The highest BCUT2D eigenvalue weighted by Gasteiger charge is 2.09. The number of fused-ring (bicyclic) bond motifs is 1. The van der Waals surface area contributed by atoms with Crippen LogP contribution in [0.1, 0.15) is 11.1 Å². The lowest BCUT2D eigenvalue weighted by Crippen LogP contribution is -2.06. The third kappa shape index (κ3) is 1.76. The van der Waals surface area contributed by atoms with Crippen molar-refractivity contribution >= 4 is 6.08 Å². The van der Waals surface area contributed by atoms with E-state index in [4.69, 9.17) is 10.2 Å². The molecule has 0 fully saturated rings. The molecule has 1 aromatic rings. The summed E-state index contributed by atoms with van der Waals surface area (Å²) in [6.45, 7) is 0. The van der Waals surface area contributed by atoms with Crippen LogP contribution in [0, 0.1) is 5.41 Å². The summed E-state index contributed by atoms with van der Waals surface area (Å²) in [5.41, 5.74) is 3.10. The Morgan fingerprint density at radius 1 is 1.18 bits per heavy atom. The van der Waals surface area contributed by atoms with Crippen molar-refractivity contribution in [2.24, 2.45) is 0 Å². The number of benzene rings is 1. The van der Waals surface area contributed by atoms with Crippen molar-refractivity contribution in [3.05, 3.63) is 35.4 Å². The molecule has 0 saturated heterocycles. The minimum atomic E-state index is 0.750. The first kappa shape index (κ1) is 7.70. The van der Waals surface area contributed by atoms with Crippen LogP contribution in [-0.4, -0.2) is 6.08 Å². The zero-order valence-electron chi connectivity index (χ0n) is 6.13. The van der Waals surface area contributed by atoms with Gasteiger partial charge in [0.05, 0.1) is 0 Å². The molecule has 0 amide bonds. The van der Waals surface area contributed by atoms with Gasteiger partial charge in [-0.05, 0) is 24.0 Å². The summed E-state index contributed by atoms with van der Waals surface area (Å²) in [4.78, 5) is 8.35. The molecule has 56 valence electrons. The van der Waals surface area contributed by atoms with Crippen LogP contribution in [0.3, 0.4) is 0 Å². The quantitative estimate of drug-likeness (QED) is 0.440. The van der Waals surface area contributed by atoms with Crippen molar-refractivity contribution in [2.45, 2.75) is 12.8 Å². The predicted molar refractivity (Wildman–Crippen MR) is 42.3 cm³/mol. The Balaban J connectivity index is 0.000000179. The van der Waals surface area contributed by atoms with Crippen LogP contribution >= 0.6 is 0 Å². The number of nitrogens with one attached hydrogen (secondary N) is 1. The molecule has 0 aliphatic heterocycles. The summed E-state index contributed by atoms with van der Waals surface area (Å²) in [5, 5.41) is 5.40. The largest absolute Gasteiger partial charge is 0.231 e. The summed E-state index contributed by atoms with van der Waals surface area (Å²) in [6.07, 6.45) is 3.35. The van der Waals surface area contributed by atoms with E-state index >= 15 is 0 Å².